The number of carbonyl (C=O) groups excluding carboxylic acids is 1. The van der Waals surface area contributed by atoms with Gasteiger partial charge in [-0.1, -0.05) is 18.2 Å². The molecule has 0 N–H and O–H groups in total. The van der Waals surface area contributed by atoms with Gasteiger partial charge in [-0.3, -0.25) is 9.78 Å². The van der Waals surface area contributed by atoms with E-state index in [9.17, 15) is 13.2 Å². The minimum Gasteiger partial charge on any atom is -0.336 e. The van der Waals surface area contributed by atoms with Crippen LogP contribution in [-0.4, -0.2) is 53.9 Å². The molecule has 1 saturated heterocycles. The van der Waals surface area contributed by atoms with Crippen LogP contribution in [0.1, 0.15) is 28.9 Å². The van der Waals surface area contributed by atoms with Gasteiger partial charge in [0.25, 0.3) is 5.91 Å². The van der Waals surface area contributed by atoms with Crippen molar-refractivity contribution < 1.29 is 13.2 Å². The van der Waals surface area contributed by atoms with Gasteiger partial charge in [0.1, 0.15) is 5.25 Å². The standard InChI is InChI=1S/C18H21N3O3S/c1-14(15-8-10-19-11-9-15)20(2)25(23,24)17-12-21(13-17)18(22)16-6-4-3-5-7-16/h3-11,14,17H,12-13H2,1-2H3/t14-/m1/s1. The molecule has 0 aliphatic carbocycles. The number of nitrogens with zero attached hydrogens (tertiary/aromatic N) is 3. The van der Waals surface area contributed by atoms with Gasteiger partial charge in [0.2, 0.25) is 10.0 Å². The van der Waals surface area contributed by atoms with Crippen LogP contribution < -0.4 is 0 Å². The number of amides is 1. The Labute approximate surface area is 148 Å². The van der Waals surface area contributed by atoms with Gasteiger partial charge in [-0.15, -0.1) is 0 Å². The van der Waals surface area contributed by atoms with E-state index < -0.39 is 15.3 Å². The zero-order valence-electron chi connectivity index (χ0n) is 14.2. The highest BCUT2D eigenvalue weighted by Crippen LogP contribution is 2.27. The Morgan fingerprint density at radius 2 is 1.76 bits per heavy atom. The van der Waals surface area contributed by atoms with Gasteiger partial charge in [-0.2, -0.15) is 4.31 Å². The summed E-state index contributed by atoms with van der Waals surface area (Å²) in [6.07, 6.45) is 3.30. The summed E-state index contributed by atoms with van der Waals surface area (Å²) < 4.78 is 27.0. The first-order chi connectivity index (χ1) is 11.9. The van der Waals surface area contributed by atoms with Crippen molar-refractivity contribution in [3.8, 4) is 0 Å². The van der Waals surface area contributed by atoms with E-state index in [-0.39, 0.29) is 25.0 Å². The zero-order valence-corrected chi connectivity index (χ0v) is 15.1. The number of aromatic nitrogens is 1. The monoisotopic (exact) mass is 359 g/mol. The molecule has 0 saturated carbocycles. The molecule has 1 amide bonds. The number of likely N-dealkylation sites (tertiary alicyclic amines) is 1. The number of rotatable bonds is 5. The molecule has 2 aromatic rings. The van der Waals surface area contributed by atoms with Crippen LogP contribution in [0, 0.1) is 0 Å². The van der Waals surface area contributed by atoms with Gasteiger partial charge in [-0.25, -0.2) is 8.42 Å². The van der Waals surface area contributed by atoms with E-state index in [0.29, 0.717) is 5.56 Å². The Bertz CT molecular complexity index is 834. The van der Waals surface area contributed by atoms with Gasteiger partial charge in [0, 0.05) is 44.1 Å². The maximum Gasteiger partial charge on any atom is 0.253 e. The Kier molecular flexibility index (Phi) is 4.87. The van der Waals surface area contributed by atoms with Crippen LogP contribution >= 0.6 is 0 Å². The summed E-state index contributed by atoms with van der Waals surface area (Å²) in [5.74, 6) is -0.128. The van der Waals surface area contributed by atoms with Crippen LogP contribution in [-0.2, 0) is 10.0 Å². The first-order valence-corrected chi connectivity index (χ1v) is 9.62. The third-order valence-electron chi connectivity index (χ3n) is 4.71. The molecule has 3 rings (SSSR count). The van der Waals surface area contributed by atoms with Crippen LogP contribution in [0.4, 0.5) is 0 Å². The lowest BCUT2D eigenvalue weighted by Gasteiger charge is -2.41. The van der Waals surface area contributed by atoms with Gasteiger partial charge in [0.15, 0.2) is 0 Å². The second-order valence-electron chi connectivity index (χ2n) is 6.22. The first kappa shape index (κ1) is 17.6. The average molecular weight is 359 g/mol. The fraction of sp³-hybridized carbons (Fsp3) is 0.333. The molecule has 1 aliphatic rings. The van der Waals surface area contributed by atoms with E-state index in [1.54, 1.807) is 48.6 Å². The molecule has 7 heteroatoms. The smallest absolute Gasteiger partial charge is 0.253 e. The maximum atomic E-state index is 12.8. The highest BCUT2D eigenvalue weighted by atomic mass is 32.2. The van der Waals surface area contributed by atoms with Crippen molar-refractivity contribution in [2.75, 3.05) is 20.1 Å². The lowest BCUT2D eigenvalue weighted by molar-refractivity contribution is 0.0655. The number of hydrogen-bond acceptors (Lipinski definition) is 4. The molecular formula is C18H21N3O3S. The molecule has 1 aromatic heterocycles. The van der Waals surface area contributed by atoms with E-state index in [2.05, 4.69) is 4.98 Å². The maximum absolute atomic E-state index is 12.8. The predicted octanol–water partition coefficient (Wildman–Crippen LogP) is 1.93. The van der Waals surface area contributed by atoms with E-state index in [1.165, 1.54) is 4.31 Å². The Balaban J connectivity index is 1.66. The second-order valence-corrected chi connectivity index (χ2v) is 8.49. The summed E-state index contributed by atoms with van der Waals surface area (Å²) in [5.41, 5.74) is 1.47. The lowest BCUT2D eigenvalue weighted by atomic mass is 10.1. The van der Waals surface area contributed by atoms with Crippen molar-refractivity contribution in [2.45, 2.75) is 18.2 Å². The number of hydrogen-bond donors (Lipinski definition) is 0. The number of benzene rings is 1. The molecule has 0 bridgehead atoms. The minimum atomic E-state index is -3.48. The second kappa shape index (κ2) is 6.93. The van der Waals surface area contributed by atoms with E-state index in [1.807, 2.05) is 25.1 Å². The number of pyridine rings is 1. The summed E-state index contributed by atoms with van der Waals surface area (Å²) in [5, 5.41) is -0.561. The van der Waals surface area contributed by atoms with Crippen molar-refractivity contribution in [3.05, 3.63) is 66.0 Å². The topological polar surface area (TPSA) is 70.6 Å². The third kappa shape index (κ3) is 3.43. The van der Waals surface area contributed by atoms with Gasteiger partial charge in [0.05, 0.1) is 0 Å². The SMILES string of the molecule is C[C@H](c1ccncc1)N(C)S(=O)(=O)C1CN(C(=O)c2ccccc2)C1. The van der Waals surface area contributed by atoms with Crippen molar-refractivity contribution in [1.82, 2.24) is 14.2 Å². The fourth-order valence-corrected chi connectivity index (χ4v) is 4.63. The molecular weight excluding hydrogens is 338 g/mol. The van der Waals surface area contributed by atoms with Crippen LogP contribution in [0.2, 0.25) is 0 Å². The van der Waals surface area contributed by atoms with Crippen LogP contribution in [0.3, 0.4) is 0 Å². The lowest BCUT2D eigenvalue weighted by Crippen LogP contribution is -2.59. The van der Waals surface area contributed by atoms with Crippen LogP contribution in [0.25, 0.3) is 0 Å². The summed E-state index contributed by atoms with van der Waals surface area (Å²) >= 11 is 0. The molecule has 1 aliphatic heterocycles. The predicted molar refractivity (Wildman–Crippen MR) is 95.5 cm³/mol. The molecule has 0 radical (unpaired) electrons. The minimum absolute atomic E-state index is 0.128. The summed E-state index contributed by atoms with van der Waals surface area (Å²) in [6, 6.07) is 12.2. The zero-order chi connectivity index (χ0) is 18.0. The molecule has 6 nitrogen and oxygen atoms in total. The van der Waals surface area contributed by atoms with Gasteiger partial charge < -0.3 is 4.90 Å². The van der Waals surface area contributed by atoms with Crippen molar-refractivity contribution in [1.29, 1.82) is 0 Å². The van der Waals surface area contributed by atoms with Gasteiger partial charge in [-0.05, 0) is 36.8 Å². The van der Waals surface area contributed by atoms with Crippen LogP contribution in [0.15, 0.2) is 54.9 Å². The first-order valence-electron chi connectivity index (χ1n) is 8.12. The van der Waals surface area contributed by atoms with Crippen molar-refractivity contribution in [2.24, 2.45) is 0 Å². The molecule has 1 aromatic carbocycles. The molecule has 132 valence electrons. The molecule has 25 heavy (non-hydrogen) atoms. The summed E-state index contributed by atoms with van der Waals surface area (Å²) in [4.78, 5) is 17.9. The Morgan fingerprint density at radius 3 is 2.36 bits per heavy atom. The number of sulfonamides is 1. The molecule has 2 heterocycles. The van der Waals surface area contributed by atoms with Crippen LogP contribution in [0.5, 0.6) is 0 Å². The highest BCUT2D eigenvalue weighted by Gasteiger charge is 2.43. The van der Waals surface area contributed by atoms with E-state index >= 15 is 0 Å². The quantitative estimate of drug-likeness (QED) is 0.818. The Hall–Kier alpha value is -2.25. The molecule has 0 spiro atoms. The highest BCUT2D eigenvalue weighted by molar-refractivity contribution is 7.89. The normalized spacial score (nSPS) is 16.5. The van der Waals surface area contributed by atoms with E-state index in [4.69, 9.17) is 0 Å². The largest absolute Gasteiger partial charge is 0.336 e. The average Bonchev–Trinajstić information content (AvgIpc) is 2.60. The van der Waals surface area contributed by atoms with Crippen molar-refractivity contribution >= 4 is 15.9 Å². The fourth-order valence-electron chi connectivity index (χ4n) is 2.86. The molecule has 1 atom stereocenters. The third-order valence-corrected chi connectivity index (χ3v) is 6.97. The summed E-state index contributed by atoms with van der Waals surface area (Å²) in [7, 11) is -1.89. The van der Waals surface area contributed by atoms with Gasteiger partial charge >= 0.3 is 0 Å². The molecule has 0 unspecified atom stereocenters. The van der Waals surface area contributed by atoms with Crippen molar-refractivity contribution in [3.63, 3.8) is 0 Å². The van der Waals surface area contributed by atoms with E-state index in [0.717, 1.165) is 5.56 Å². The Morgan fingerprint density at radius 1 is 1.16 bits per heavy atom. The number of carbonyl (C=O) groups is 1. The molecule has 1 fully saturated rings. The summed E-state index contributed by atoms with van der Waals surface area (Å²) in [6.45, 7) is 2.30.